The van der Waals surface area contributed by atoms with E-state index in [1.54, 1.807) is 0 Å². The Balaban J connectivity index is 1.58. The number of aryl methyl sites for hydroxylation is 1. The summed E-state index contributed by atoms with van der Waals surface area (Å²) in [5.41, 5.74) is 7.24. The van der Waals surface area contributed by atoms with Gasteiger partial charge in [-0.2, -0.15) is 0 Å². The molecule has 0 aromatic heterocycles. The van der Waals surface area contributed by atoms with Crippen LogP contribution in [0.15, 0.2) is 42.5 Å². The van der Waals surface area contributed by atoms with Crippen LogP contribution in [-0.4, -0.2) is 19.6 Å². The van der Waals surface area contributed by atoms with Gasteiger partial charge in [0.1, 0.15) is 0 Å². The molecule has 2 heterocycles. The lowest BCUT2D eigenvalue weighted by atomic mass is 10.0. The first-order valence-electron chi connectivity index (χ1n) is 8.09. The fourth-order valence-electron chi connectivity index (χ4n) is 3.57. The number of fused-ring (bicyclic) bond motifs is 2. The van der Waals surface area contributed by atoms with Gasteiger partial charge in [0, 0.05) is 31.0 Å². The molecule has 0 unspecified atom stereocenters. The van der Waals surface area contributed by atoms with Gasteiger partial charge in [0.15, 0.2) is 0 Å². The van der Waals surface area contributed by atoms with Crippen LogP contribution in [0.3, 0.4) is 0 Å². The predicted molar refractivity (Wildman–Crippen MR) is 89.3 cm³/mol. The number of nitrogens with one attached hydrogen (secondary N) is 1. The van der Waals surface area contributed by atoms with Crippen LogP contribution in [0, 0.1) is 0 Å². The first-order valence-corrected chi connectivity index (χ1v) is 8.09. The minimum atomic E-state index is 1.11. The topological polar surface area (TPSA) is 15.3 Å². The molecule has 0 saturated carbocycles. The summed E-state index contributed by atoms with van der Waals surface area (Å²) in [7, 11) is 0. The molecule has 108 valence electrons. The van der Waals surface area contributed by atoms with Gasteiger partial charge >= 0.3 is 0 Å². The molecule has 0 fully saturated rings. The molecular weight excluding hydrogens is 256 g/mol. The Kier molecular flexibility index (Phi) is 3.30. The highest BCUT2D eigenvalue weighted by Crippen LogP contribution is 2.28. The predicted octanol–water partition coefficient (Wildman–Crippen LogP) is 3.65. The zero-order valence-electron chi connectivity index (χ0n) is 12.4. The van der Waals surface area contributed by atoms with Crippen LogP contribution < -0.4 is 10.2 Å². The van der Waals surface area contributed by atoms with Crippen LogP contribution in [0.4, 0.5) is 11.4 Å². The van der Waals surface area contributed by atoms with E-state index in [1.165, 1.54) is 40.9 Å². The lowest BCUT2D eigenvalue weighted by molar-refractivity contribution is 0.800. The maximum atomic E-state index is 3.55. The molecule has 2 aliphatic rings. The highest BCUT2D eigenvalue weighted by molar-refractivity contribution is 5.63. The summed E-state index contributed by atoms with van der Waals surface area (Å²) >= 11 is 0. The van der Waals surface area contributed by atoms with Crippen molar-refractivity contribution < 1.29 is 0 Å². The van der Waals surface area contributed by atoms with Gasteiger partial charge in [-0.05, 0) is 54.5 Å². The van der Waals surface area contributed by atoms with Gasteiger partial charge in [0.2, 0.25) is 0 Å². The number of nitrogens with zero attached hydrogens (tertiary/aromatic N) is 1. The minimum absolute atomic E-state index is 1.11. The van der Waals surface area contributed by atoms with Gasteiger partial charge < -0.3 is 10.2 Å². The molecule has 0 spiro atoms. The van der Waals surface area contributed by atoms with Gasteiger partial charge in [-0.25, -0.2) is 0 Å². The summed E-state index contributed by atoms with van der Waals surface area (Å²) in [5, 5.41) is 3.55. The lowest BCUT2D eigenvalue weighted by Crippen LogP contribution is -2.26. The molecule has 1 N–H and O–H groups in total. The summed E-state index contributed by atoms with van der Waals surface area (Å²) in [5.74, 6) is 0. The minimum Gasteiger partial charge on any atom is -0.385 e. The van der Waals surface area contributed by atoms with E-state index in [-0.39, 0.29) is 0 Å². The SMILES string of the molecule is c1ccc2c(c1)CCN(c1ccc3c(c1)NCCC3)CC2. The second kappa shape index (κ2) is 5.44. The molecule has 0 amide bonds. The fourth-order valence-corrected chi connectivity index (χ4v) is 3.57. The molecule has 0 aliphatic carbocycles. The van der Waals surface area contributed by atoms with Gasteiger partial charge in [0.05, 0.1) is 0 Å². The molecule has 2 aromatic carbocycles. The molecule has 21 heavy (non-hydrogen) atoms. The summed E-state index contributed by atoms with van der Waals surface area (Å²) in [6.07, 6.45) is 4.78. The number of hydrogen-bond donors (Lipinski definition) is 1. The van der Waals surface area contributed by atoms with Crippen molar-refractivity contribution in [3.63, 3.8) is 0 Å². The number of benzene rings is 2. The van der Waals surface area contributed by atoms with E-state index in [9.17, 15) is 0 Å². The van der Waals surface area contributed by atoms with Gasteiger partial charge in [0.25, 0.3) is 0 Å². The van der Waals surface area contributed by atoms with Crippen molar-refractivity contribution in [3.05, 3.63) is 59.2 Å². The number of rotatable bonds is 1. The monoisotopic (exact) mass is 278 g/mol. The molecule has 0 radical (unpaired) electrons. The van der Waals surface area contributed by atoms with Crippen LogP contribution in [0.1, 0.15) is 23.1 Å². The van der Waals surface area contributed by atoms with Crippen molar-refractivity contribution in [1.82, 2.24) is 0 Å². The van der Waals surface area contributed by atoms with E-state index < -0.39 is 0 Å². The Bertz CT molecular complexity index is 621. The second-order valence-electron chi connectivity index (χ2n) is 6.13. The number of anilines is 2. The summed E-state index contributed by atoms with van der Waals surface area (Å²) in [6.45, 7) is 3.35. The first kappa shape index (κ1) is 12.8. The highest BCUT2D eigenvalue weighted by Gasteiger charge is 2.16. The second-order valence-corrected chi connectivity index (χ2v) is 6.13. The van der Waals surface area contributed by atoms with Gasteiger partial charge in [-0.15, -0.1) is 0 Å². The van der Waals surface area contributed by atoms with E-state index in [4.69, 9.17) is 0 Å². The lowest BCUT2D eigenvalue weighted by Gasteiger charge is -2.26. The third-order valence-electron chi connectivity index (χ3n) is 4.82. The van der Waals surface area contributed by atoms with Crippen LogP contribution in [-0.2, 0) is 19.3 Å². The van der Waals surface area contributed by atoms with E-state index in [0.717, 1.165) is 32.5 Å². The molecule has 0 saturated heterocycles. The average Bonchev–Trinajstić information content (AvgIpc) is 2.77. The van der Waals surface area contributed by atoms with E-state index in [0.29, 0.717) is 0 Å². The molecule has 0 bridgehead atoms. The maximum Gasteiger partial charge on any atom is 0.0393 e. The van der Waals surface area contributed by atoms with E-state index in [2.05, 4.69) is 52.7 Å². The third kappa shape index (κ3) is 2.51. The quantitative estimate of drug-likeness (QED) is 0.856. The van der Waals surface area contributed by atoms with Crippen molar-refractivity contribution in [2.24, 2.45) is 0 Å². The van der Waals surface area contributed by atoms with E-state index in [1.807, 2.05) is 0 Å². The molecular formula is C19H22N2. The van der Waals surface area contributed by atoms with Crippen molar-refractivity contribution in [1.29, 1.82) is 0 Å². The summed E-state index contributed by atoms with van der Waals surface area (Å²) < 4.78 is 0. The van der Waals surface area contributed by atoms with E-state index >= 15 is 0 Å². The summed E-state index contributed by atoms with van der Waals surface area (Å²) in [4.78, 5) is 2.54. The van der Waals surface area contributed by atoms with Crippen LogP contribution in [0.25, 0.3) is 0 Å². The molecule has 2 nitrogen and oxygen atoms in total. The Morgan fingerprint density at radius 3 is 2.33 bits per heavy atom. The van der Waals surface area contributed by atoms with Crippen molar-refractivity contribution in [3.8, 4) is 0 Å². The smallest absolute Gasteiger partial charge is 0.0393 e. The third-order valence-corrected chi connectivity index (χ3v) is 4.82. The Labute approximate surface area is 126 Å². The Morgan fingerprint density at radius 1 is 0.810 bits per heavy atom. The van der Waals surface area contributed by atoms with Crippen LogP contribution in [0.5, 0.6) is 0 Å². The zero-order valence-corrected chi connectivity index (χ0v) is 12.4. The fraction of sp³-hybridized carbons (Fsp3) is 0.368. The first-order chi connectivity index (χ1) is 10.4. The van der Waals surface area contributed by atoms with Gasteiger partial charge in [-0.3, -0.25) is 0 Å². The van der Waals surface area contributed by atoms with Crippen molar-refractivity contribution in [2.45, 2.75) is 25.7 Å². The molecule has 0 atom stereocenters. The highest BCUT2D eigenvalue weighted by atomic mass is 15.1. The maximum absolute atomic E-state index is 3.55. The van der Waals surface area contributed by atoms with Gasteiger partial charge in [-0.1, -0.05) is 30.3 Å². The average molecular weight is 278 g/mol. The van der Waals surface area contributed by atoms with Crippen molar-refractivity contribution >= 4 is 11.4 Å². The largest absolute Gasteiger partial charge is 0.385 e. The molecule has 4 rings (SSSR count). The summed E-state index contributed by atoms with van der Waals surface area (Å²) in [6, 6.07) is 15.9. The normalized spacial score (nSPS) is 17.4. The molecule has 2 aromatic rings. The Hall–Kier alpha value is -1.96. The Morgan fingerprint density at radius 2 is 1.57 bits per heavy atom. The standard InChI is InChI=1S/C19H22N2/c1-2-5-16-10-13-21(12-9-15(16)4-1)18-8-7-17-6-3-11-20-19(17)14-18/h1-2,4-5,7-8,14,20H,3,6,9-13H2. The van der Waals surface area contributed by atoms with Crippen molar-refractivity contribution in [2.75, 3.05) is 29.9 Å². The van der Waals surface area contributed by atoms with Crippen LogP contribution in [0.2, 0.25) is 0 Å². The molecule has 2 aliphatic heterocycles. The van der Waals surface area contributed by atoms with Crippen LogP contribution >= 0.6 is 0 Å². The zero-order chi connectivity index (χ0) is 14.1. The molecule has 2 heteroatoms. The number of hydrogen-bond acceptors (Lipinski definition) is 2.